The quantitative estimate of drug-likeness (QED) is 0.923. The van der Waals surface area contributed by atoms with Gasteiger partial charge in [0.1, 0.15) is 5.82 Å². The molecular formula is C16H20BrN3O. The van der Waals surface area contributed by atoms with Crippen LogP contribution in [0.2, 0.25) is 0 Å². The van der Waals surface area contributed by atoms with E-state index in [-0.39, 0.29) is 12.1 Å². The summed E-state index contributed by atoms with van der Waals surface area (Å²) in [7, 11) is 2.13. The maximum absolute atomic E-state index is 5.85. The summed E-state index contributed by atoms with van der Waals surface area (Å²) >= 11 is 3.48. The Bertz CT molecular complexity index is 634. The van der Waals surface area contributed by atoms with Crippen molar-refractivity contribution in [1.82, 2.24) is 9.88 Å². The first-order chi connectivity index (χ1) is 10.1. The minimum Gasteiger partial charge on any atom is -0.373 e. The number of benzene rings is 1. The third-order valence-corrected chi connectivity index (χ3v) is 4.37. The molecular weight excluding hydrogens is 330 g/mol. The topological polar surface area (TPSA) is 37.4 Å². The number of morpholine rings is 1. The molecule has 112 valence electrons. The minimum atomic E-state index is 0.200. The van der Waals surface area contributed by atoms with Gasteiger partial charge in [0.2, 0.25) is 0 Å². The summed E-state index contributed by atoms with van der Waals surface area (Å²) in [6.07, 6.45) is 0.200. The summed E-state index contributed by atoms with van der Waals surface area (Å²) in [5, 5.41) is 4.60. The zero-order valence-corrected chi connectivity index (χ0v) is 13.9. The third kappa shape index (κ3) is 3.54. The SMILES string of the molecule is CC(Nc1ccc2cc(Br)ccc2n1)C1CN(C)CCO1. The van der Waals surface area contributed by atoms with E-state index >= 15 is 0 Å². The van der Waals surface area contributed by atoms with E-state index < -0.39 is 0 Å². The van der Waals surface area contributed by atoms with E-state index in [0.29, 0.717) is 0 Å². The Morgan fingerprint density at radius 2 is 2.24 bits per heavy atom. The molecule has 1 saturated heterocycles. The summed E-state index contributed by atoms with van der Waals surface area (Å²) in [5.74, 6) is 0.897. The number of rotatable bonds is 3. The first-order valence-corrected chi connectivity index (χ1v) is 8.04. The average Bonchev–Trinajstić information content (AvgIpc) is 2.47. The van der Waals surface area contributed by atoms with Crippen LogP contribution in [0.3, 0.4) is 0 Å². The van der Waals surface area contributed by atoms with Crippen molar-refractivity contribution in [2.24, 2.45) is 0 Å². The molecule has 1 fully saturated rings. The second kappa shape index (κ2) is 6.30. The number of hydrogen-bond acceptors (Lipinski definition) is 4. The van der Waals surface area contributed by atoms with Gasteiger partial charge in [0.25, 0.3) is 0 Å². The molecule has 0 amide bonds. The second-order valence-corrected chi connectivity index (χ2v) is 6.55. The third-order valence-electron chi connectivity index (χ3n) is 3.88. The van der Waals surface area contributed by atoms with Gasteiger partial charge in [-0.05, 0) is 44.3 Å². The molecule has 0 radical (unpaired) electrons. The average molecular weight is 350 g/mol. The highest BCUT2D eigenvalue weighted by Gasteiger charge is 2.23. The highest BCUT2D eigenvalue weighted by atomic mass is 79.9. The van der Waals surface area contributed by atoms with Gasteiger partial charge in [-0.25, -0.2) is 4.98 Å². The number of nitrogens with one attached hydrogen (secondary N) is 1. The molecule has 21 heavy (non-hydrogen) atoms. The summed E-state index contributed by atoms with van der Waals surface area (Å²) < 4.78 is 6.92. The van der Waals surface area contributed by atoms with Crippen molar-refractivity contribution >= 4 is 32.7 Å². The molecule has 2 atom stereocenters. The molecule has 5 heteroatoms. The first kappa shape index (κ1) is 14.8. The van der Waals surface area contributed by atoms with Crippen LogP contribution in [0.4, 0.5) is 5.82 Å². The fraction of sp³-hybridized carbons (Fsp3) is 0.438. The van der Waals surface area contributed by atoms with Gasteiger partial charge in [-0.2, -0.15) is 0 Å². The summed E-state index contributed by atoms with van der Waals surface area (Å²) in [5.41, 5.74) is 0.997. The van der Waals surface area contributed by atoms with E-state index in [0.717, 1.165) is 40.9 Å². The van der Waals surface area contributed by atoms with E-state index in [4.69, 9.17) is 4.74 Å². The van der Waals surface area contributed by atoms with Gasteiger partial charge in [-0.15, -0.1) is 0 Å². The predicted molar refractivity (Wildman–Crippen MR) is 89.8 cm³/mol. The minimum absolute atomic E-state index is 0.200. The monoisotopic (exact) mass is 349 g/mol. The predicted octanol–water partition coefficient (Wildman–Crippen LogP) is 3.13. The molecule has 4 nitrogen and oxygen atoms in total. The van der Waals surface area contributed by atoms with Gasteiger partial charge in [0.05, 0.1) is 24.3 Å². The molecule has 1 aromatic carbocycles. The molecule has 1 aliphatic rings. The number of likely N-dealkylation sites (N-methyl/N-ethyl adjacent to an activating group) is 1. The Hall–Kier alpha value is -1.17. The normalized spacial score (nSPS) is 21.4. The van der Waals surface area contributed by atoms with Crippen molar-refractivity contribution in [2.75, 3.05) is 32.1 Å². The van der Waals surface area contributed by atoms with Crippen molar-refractivity contribution in [2.45, 2.75) is 19.1 Å². The lowest BCUT2D eigenvalue weighted by molar-refractivity contribution is -0.0259. The standard InChI is InChI=1S/C16H20BrN3O/c1-11(15-10-20(2)7-8-21-15)18-16-6-3-12-9-13(17)4-5-14(12)19-16/h3-6,9,11,15H,7-8,10H2,1-2H3,(H,18,19). The van der Waals surface area contributed by atoms with Crippen molar-refractivity contribution in [3.8, 4) is 0 Å². The van der Waals surface area contributed by atoms with Crippen LogP contribution in [0.15, 0.2) is 34.8 Å². The molecule has 3 rings (SSSR count). The van der Waals surface area contributed by atoms with Crippen LogP contribution in [0.1, 0.15) is 6.92 Å². The number of halogens is 1. The van der Waals surface area contributed by atoms with Crippen LogP contribution in [0.25, 0.3) is 10.9 Å². The lowest BCUT2D eigenvalue weighted by Crippen LogP contribution is -2.47. The Morgan fingerprint density at radius 3 is 3.05 bits per heavy atom. The number of hydrogen-bond donors (Lipinski definition) is 1. The van der Waals surface area contributed by atoms with E-state index in [9.17, 15) is 0 Å². The molecule has 2 aromatic rings. The van der Waals surface area contributed by atoms with Gasteiger partial charge < -0.3 is 15.0 Å². The van der Waals surface area contributed by atoms with E-state index in [1.54, 1.807) is 0 Å². The van der Waals surface area contributed by atoms with Crippen LogP contribution in [-0.4, -0.2) is 48.8 Å². The zero-order valence-electron chi connectivity index (χ0n) is 12.3. The number of ether oxygens (including phenoxy) is 1. The molecule has 1 aliphatic heterocycles. The molecule has 0 aliphatic carbocycles. The first-order valence-electron chi connectivity index (χ1n) is 7.25. The summed E-state index contributed by atoms with van der Waals surface area (Å²) in [4.78, 5) is 6.97. The fourth-order valence-electron chi connectivity index (χ4n) is 2.62. The largest absolute Gasteiger partial charge is 0.373 e. The molecule has 2 heterocycles. The smallest absolute Gasteiger partial charge is 0.126 e. The van der Waals surface area contributed by atoms with Crippen molar-refractivity contribution < 1.29 is 4.74 Å². The molecule has 0 spiro atoms. The lowest BCUT2D eigenvalue weighted by atomic mass is 10.1. The molecule has 0 bridgehead atoms. The Labute approximate surface area is 133 Å². The molecule has 0 saturated carbocycles. The van der Waals surface area contributed by atoms with Gasteiger partial charge in [-0.1, -0.05) is 15.9 Å². The Morgan fingerprint density at radius 1 is 1.38 bits per heavy atom. The van der Waals surface area contributed by atoms with Gasteiger partial charge in [0.15, 0.2) is 0 Å². The summed E-state index contributed by atoms with van der Waals surface area (Å²) in [6, 6.07) is 10.5. The number of pyridine rings is 1. The number of anilines is 1. The molecule has 1 N–H and O–H groups in total. The van der Waals surface area contributed by atoms with E-state index in [1.165, 1.54) is 0 Å². The highest BCUT2D eigenvalue weighted by molar-refractivity contribution is 9.10. The summed E-state index contributed by atoms with van der Waals surface area (Å²) in [6.45, 7) is 4.91. The van der Waals surface area contributed by atoms with E-state index in [2.05, 4.69) is 57.2 Å². The van der Waals surface area contributed by atoms with Gasteiger partial charge in [-0.3, -0.25) is 0 Å². The van der Waals surface area contributed by atoms with Gasteiger partial charge >= 0.3 is 0 Å². The van der Waals surface area contributed by atoms with Crippen LogP contribution in [0.5, 0.6) is 0 Å². The van der Waals surface area contributed by atoms with E-state index in [1.807, 2.05) is 18.2 Å². The van der Waals surface area contributed by atoms with Crippen LogP contribution in [-0.2, 0) is 4.74 Å². The van der Waals surface area contributed by atoms with Crippen molar-refractivity contribution in [3.63, 3.8) is 0 Å². The number of fused-ring (bicyclic) bond motifs is 1. The van der Waals surface area contributed by atoms with Gasteiger partial charge in [0, 0.05) is 22.9 Å². The molecule has 1 aromatic heterocycles. The van der Waals surface area contributed by atoms with Crippen LogP contribution >= 0.6 is 15.9 Å². The number of nitrogens with zero attached hydrogens (tertiary/aromatic N) is 2. The number of aromatic nitrogens is 1. The maximum Gasteiger partial charge on any atom is 0.126 e. The zero-order chi connectivity index (χ0) is 14.8. The van der Waals surface area contributed by atoms with Crippen LogP contribution in [0, 0.1) is 0 Å². The Balaban J connectivity index is 1.73. The lowest BCUT2D eigenvalue weighted by Gasteiger charge is -2.34. The van der Waals surface area contributed by atoms with Crippen molar-refractivity contribution in [1.29, 1.82) is 0 Å². The van der Waals surface area contributed by atoms with Crippen molar-refractivity contribution in [3.05, 3.63) is 34.8 Å². The second-order valence-electron chi connectivity index (χ2n) is 5.64. The fourth-order valence-corrected chi connectivity index (χ4v) is 3.00. The van der Waals surface area contributed by atoms with Crippen LogP contribution < -0.4 is 5.32 Å². The molecule has 2 unspecified atom stereocenters. The highest BCUT2D eigenvalue weighted by Crippen LogP contribution is 2.21. The Kier molecular flexibility index (Phi) is 4.42. The maximum atomic E-state index is 5.85.